The monoisotopic (exact) mass is 463 g/mol. The van der Waals surface area contributed by atoms with Gasteiger partial charge in [-0.3, -0.25) is 19.8 Å². The highest BCUT2D eigenvalue weighted by Gasteiger charge is 2.36. The fraction of sp³-hybridized carbons (Fsp3) is 0.611. The molecule has 13 heteroatoms. The van der Waals surface area contributed by atoms with E-state index >= 15 is 0 Å². The van der Waals surface area contributed by atoms with E-state index in [1.807, 2.05) is 13.8 Å². The Hall–Kier alpha value is -2.70. The first-order valence-electron chi connectivity index (χ1n) is 9.67. The van der Waals surface area contributed by atoms with Crippen LogP contribution in [0.25, 0.3) is 0 Å². The summed E-state index contributed by atoms with van der Waals surface area (Å²) in [6.45, 7) is 4.11. The number of rotatable bonds is 7. The molecule has 1 aromatic heterocycles. The molecule has 0 aromatic carbocycles. The lowest BCUT2D eigenvalue weighted by Crippen LogP contribution is -2.53. The van der Waals surface area contributed by atoms with Crippen LogP contribution in [0, 0.1) is 5.92 Å². The Morgan fingerprint density at radius 1 is 1.29 bits per heavy atom. The maximum Gasteiger partial charge on any atom is 0.445 e. The van der Waals surface area contributed by atoms with Crippen LogP contribution in [0.3, 0.4) is 0 Å². The topological polar surface area (TPSA) is 125 Å². The molecule has 3 amide bonds. The van der Waals surface area contributed by atoms with E-state index in [-0.39, 0.29) is 28.9 Å². The molecular formula is C18H24F3N5O4S. The minimum absolute atomic E-state index is 0.150. The van der Waals surface area contributed by atoms with Gasteiger partial charge in [0.1, 0.15) is 6.04 Å². The zero-order chi connectivity index (χ0) is 23.2. The lowest BCUT2D eigenvalue weighted by molar-refractivity contribution is -0.138. The highest BCUT2D eigenvalue weighted by Crippen LogP contribution is 2.32. The van der Waals surface area contributed by atoms with Crippen molar-refractivity contribution >= 4 is 34.4 Å². The van der Waals surface area contributed by atoms with Gasteiger partial charge >= 0.3 is 12.3 Å². The first-order chi connectivity index (χ1) is 14.5. The van der Waals surface area contributed by atoms with Crippen molar-refractivity contribution < 1.29 is 32.7 Å². The number of carboxylic acid groups (broad SMARTS) is 1. The summed E-state index contributed by atoms with van der Waals surface area (Å²) in [6, 6.07) is -1.36. The largest absolute Gasteiger partial charge is 0.465 e. The number of nitrogens with zero attached hydrogens (tertiary/aromatic N) is 3. The van der Waals surface area contributed by atoms with Crippen LogP contribution in [-0.2, 0) is 15.8 Å². The van der Waals surface area contributed by atoms with Crippen molar-refractivity contribution in [2.45, 2.75) is 57.8 Å². The normalized spacial score (nSPS) is 18.3. The summed E-state index contributed by atoms with van der Waals surface area (Å²) in [5, 5.41) is 19.1. The first kappa shape index (κ1) is 24.6. The molecule has 1 aliphatic heterocycles. The standard InChI is InChI=1S/C18H24F3N5O4S/c1-10(2)9-11(22-14(28)12-5-3-4-8-26(12)17(29)30)6-7-13(27)23-16-25-24-15(31-16)18(19,20)21/h6-7,10-12H,3-5,8-9H2,1-2H3,(H,22,28)(H,29,30)(H,23,25,27)/b7-6+/t11-,12+/m1/s1. The van der Waals surface area contributed by atoms with Gasteiger partial charge in [0.05, 0.1) is 0 Å². The van der Waals surface area contributed by atoms with Crippen molar-refractivity contribution in [3.8, 4) is 0 Å². The number of likely N-dealkylation sites (tertiary alicyclic amines) is 1. The molecule has 0 unspecified atom stereocenters. The van der Waals surface area contributed by atoms with Crippen molar-refractivity contribution in [1.29, 1.82) is 0 Å². The molecule has 1 aliphatic rings. The van der Waals surface area contributed by atoms with E-state index in [1.165, 1.54) is 6.08 Å². The van der Waals surface area contributed by atoms with Gasteiger partial charge in [0.25, 0.3) is 0 Å². The van der Waals surface area contributed by atoms with Crippen molar-refractivity contribution in [3.05, 3.63) is 17.2 Å². The zero-order valence-corrected chi connectivity index (χ0v) is 17.8. The third-order valence-electron chi connectivity index (χ3n) is 4.48. The van der Waals surface area contributed by atoms with Gasteiger partial charge in [0.2, 0.25) is 22.0 Å². The van der Waals surface area contributed by atoms with Crippen molar-refractivity contribution in [3.63, 3.8) is 0 Å². The molecule has 0 bridgehead atoms. The molecule has 9 nitrogen and oxygen atoms in total. The number of hydrogen-bond acceptors (Lipinski definition) is 6. The Labute approximate surface area is 180 Å². The number of alkyl halides is 3. The molecule has 3 N–H and O–H groups in total. The minimum Gasteiger partial charge on any atom is -0.465 e. The second-order valence-corrected chi connectivity index (χ2v) is 8.47. The predicted octanol–water partition coefficient (Wildman–Crippen LogP) is 3.12. The SMILES string of the molecule is CC(C)C[C@@H](/C=C/C(=O)Nc1nnc(C(F)(F)F)s1)NC(=O)[C@@H]1CCCCN1C(=O)O. The average molecular weight is 463 g/mol. The van der Waals surface area contributed by atoms with Gasteiger partial charge in [0.15, 0.2) is 0 Å². The molecule has 0 spiro atoms. The molecule has 31 heavy (non-hydrogen) atoms. The lowest BCUT2D eigenvalue weighted by Gasteiger charge is -2.33. The third kappa shape index (κ3) is 7.49. The van der Waals surface area contributed by atoms with Gasteiger partial charge in [-0.05, 0) is 31.6 Å². The van der Waals surface area contributed by atoms with E-state index in [2.05, 4.69) is 20.8 Å². The average Bonchev–Trinajstić information content (AvgIpc) is 3.14. The number of nitrogens with one attached hydrogen (secondary N) is 2. The van der Waals surface area contributed by atoms with Gasteiger partial charge in [-0.25, -0.2) is 4.79 Å². The van der Waals surface area contributed by atoms with Crippen LogP contribution in [0.5, 0.6) is 0 Å². The fourth-order valence-corrected chi connectivity index (χ4v) is 3.76. The number of carbonyl (C=O) groups excluding carboxylic acids is 2. The molecule has 1 aromatic rings. The molecule has 172 valence electrons. The summed E-state index contributed by atoms with van der Waals surface area (Å²) < 4.78 is 37.7. The molecule has 2 atom stereocenters. The van der Waals surface area contributed by atoms with Crippen LogP contribution in [0.2, 0.25) is 0 Å². The number of hydrogen-bond donors (Lipinski definition) is 3. The van der Waals surface area contributed by atoms with Gasteiger partial charge in [-0.1, -0.05) is 31.3 Å². The maximum absolute atomic E-state index is 12.7. The van der Waals surface area contributed by atoms with E-state index in [0.29, 0.717) is 19.3 Å². The zero-order valence-electron chi connectivity index (χ0n) is 17.0. The van der Waals surface area contributed by atoms with Crippen LogP contribution in [0.15, 0.2) is 12.2 Å². The second-order valence-electron chi connectivity index (χ2n) is 7.49. The summed E-state index contributed by atoms with van der Waals surface area (Å²) in [7, 11) is 0. The summed E-state index contributed by atoms with van der Waals surface area (Å²) >= 11 is 0.201. The number of carbonyl (C=O) groups is 3. The van der Waals surface area contributed by atoms with Gasteiger partial charge < -0.3 is 10.4 Å². The van der Waals surface area contributed by atoms with Crippen LogP contribution >= 0.6 is 11.3 Å². The van der Waals surface area contributed by atoms with Gasteiger partial charge in [-0.2, -0.15) is 13.2 Å². The number of anilines is 1. The number of amides is 3. The molecule has 0 saturated carbocycles. The number of halogens is 3. The summed E-state index contributed by atoms with van der Waals surface area (Å²) in [5.74, 6) is -1.02. The molecule has 1 saturated heterocycles. The molecule has 0 aliphatic carbocycles. The molecular weight excluding hydrogens is 439 g/mol. The van der Waals surface area contributed by atoms with E-state index in [1.54, 1.807) is 0 Å². The third-order valence-corrected chi connectivity index (χ3v) is 5.37. The van der Waals surface area contributed by atoms with Crippen LogP contribution < -0.4 is 10.6 Å². The molecule has 2 heterocycles. The number of piperidine rings is 1. The van der Waals surface area contributed by atoms with Crippen molar-refractivity contribution in [2.75, 3.05) is 11.9 Å². The predicted molar refractivity (Wildman–Crippen MR) is 106 cm³/mol. The Morgan fingerprint density at radius 3 is 2.58 bits per heavy atom. The number of aromatic nitrogens is 2. The van der Waals surface area contributed by atoms with Crippen LogP contribution in [0.4, 0.5) is 23.1 Å². The summed E-state index contributed by atoms with van der Waals surface area (Å²) in [5.41, 5.74) is 0. The Kier molecular flexibility index (Phi) is 8.36. The van der Waals surface area contributed by atoms with E-state index in [9.17, 15) is 32.7 Å². The fourth-order valence-electron chi connectivity index (χ4n) is 3.14. The van der Waals surface area contributed by atoms with E-state index in [0.717, 1.165) is 17.4 Å². The van der Waals surface area contributed by atoms with E-state index < -0.39 is 41.2 Å². The van der Waals surface area contributed by atoms with Crippen molar-refractivity contribution in [2.24, 2.45) is 5.92 Å². The minimum atomic E-state index is -4.65. The van der Waals surface area contributed by atoms with Crippen LogP contribution in [0.1, 0.15) is 44.5 Å². The highest BCUT2D eigenvalue weighted by atomic mass is 32.1. The Balaban J connectivity index is 2.02. The highest BCUT2D eigenvalue weighted by molar-refractivity contribution is 7.15. The second kappa shape index (κ2) is 10.6. The summed E-state index contributed by atoms with van der Waals surface area (Å²) in [4.78, 5) is 37.2. The van der Waals surface area contributed by atoms with Crippen molar-refractivity contribution in [1.82, 2.24) is 20.4 Å². The van der Waals surface area contributed by atoms with Crippen LogP contribution in [-0.4, -0.2) is 56.7 Å². The Morgan fingerprint density at radius 2 is 2.00 bits per heavy atom. The first-order valence-corrected chi connectivity index (χ1v) is 10.5. The van der Waals surface area contributed by atoms with E-state index in [4.69, 9.17) is 0 Å². The Bertz CT molecular complexity index is 827. The van der Waals surface area contributed by atoms with Gasteiger partial charge in [0, 0.05) is 18.7 Å². The smallest absolute Gasteiger partial charge is 0.445 e. The quantitative estimate of drug-likeness (QED) is 0.534. The van der Waals surface area contributed by atoms with Gasteiger partial charge in [-0.15, -0.1) is 10.2 Å². The summed E-state index contributed by atoms with van der Waals surface area (Å²) in [6.07, 6.45) is -0.979. The lowest BCUT2D eigenvalue weighted by atomic mass is 9.99. The molecule has 0 radical (unpaired) electrons. The molecule has 1 fully saturated rings. The molecule has 2 rings (SSSR count). The maximum atomic E-state index is 12.7.